The Morgan fingerprint density at radius 2 is 2.50 bits per heavy atom. The molecule has 0 saturated heterocycles. The lowest BCUT2D eigenvalue weighted by Crippen LogP contribution is -1.91. The van der Waals surface area contributed by atoms with Gasteiger partial charge in [-0.15, -0.1) is 0 Å². The first-order chi connectivity index (χ1) is 2.91. The summed E-state index contributed by atoms with van der Waals surface area (Å²) in [5.74, 6) is 0. The van der Waals surface area contributed by atoms with Gasteiger partial charge >= 0.3 is 0 Å². The van der Waals surface area contributed by atoms with Crippen molar-refractivity contribution in [3.8, 4) is 0 Å². The Morgan fingerprint density at radius 3 is 2.67 bits per heavy atom. The molecule has 0 aliphatic rings. The zero-order chi connectivity index (χ0) is 4.83. The van der Waals surface area contributed by atoms with E-state index in [1.165, 1.54) is 12.2 Å². The van der Waals surface area contributed by atoms with Gasteiger partial charge in [-0.25, -0.2) is 0 Å². The van der Waals surface area contributed by atoms with Crippen molar-refractivity contribution in [1.29, 1.82) is 0 Å². The lowest BCUT2D eigenvalue weighted by Gasteiger charge is -1.66. The van der Waals surface area contributed by atoms with Gasteiger partial charge in [0.2, 0.25) is 6.29 Å². The summed E-state index contributed by atoms with van der Waals surface area (Å²) in [7, 11) is 0. The summed E-state index contributed by atoms with van der Waals surface area (Å²) < 4.78 is 0. The Hall–Kier alpha value is -0.630. The molecule has 0 aliphatic heterocycles. The minimum atomic E-state index is 0.412. The second-order valence-corrected chi connectivity index (χ2v) is 0.756. The van der Waals surface area contributed by atoms with Gasteiger partial charge in [-0.3, -0.25) is 4.79 Å². The zero-order valence-corrected chi connectivity index (χ0v) is 3.35. The first kappa shape index (κ1) is 5.37. The van der Waals surface area contributed by atoms with Gasteiger partial charge in [-0.1, -0.05) is 6.08 Å². The van der Waals surface area contributed by atoms with E-state index in [1.807, 2.05) is 0 Å². The normalized spacial score (nSPS) is 9.50. The van der Waals surface area contributed by atoms with Gasteiger partial charge in [0.15, 0.2) is 0 Å². The molecule has 0 heterocycles. The molecule has 33 valence electrons. The molecule has 0 unspecified atom stereocenters. The largest absolute Gasteiger partial charge is 0.327 e. The number of nitrogens with two attached hydrogens (primary N) is 1. The lowest BCUT2D eigenvalue weighted by molar-refractivity contribution is 0.564. The van der Waals surface area contributed by atoms with E-state index >= 15 is 0 Å². The van der Waals surface area contributed by atoms with Crippen molar-refractivity contribution in [2.45, 2.75) is 0 Å². The van der Waals surface area contributed by atoms with Crippen LogP contribution in [0.25, 0.3) is 0 Å². The molecule has 2 N–H and O–H groups in total. The smallest absolute Gasteiger partial charge is 0.225 e. The van der Waals surface area contributed by atoms with E-state index in [2.05, 4.69) is 0 Å². The molecule has 0 atom stereocenters. The first-order valence-corrected chi connectivity index (χ1v) is 1.64. The molecule has 0 amide bonds. The highest BCUT2D eigenvalue weighted by atomic mass is 16.1. The van der Waals surface area contributed by atoms with Crippen molar-refractivity contribution in [3.63, 3.8) is 0 Å². The van der Waals surface area contributed by atoms with E-state index in [1.54, 1.807) is 6.29 Å². The molecule has 1 radical (unpaired) electrons. The van der Waals surface area contributed by atoms with Crippen molar-refractivity contribution < 1.29 is 4.79 Å². The van der Waals surface area contributed by atoms with Gasteiger partial charge in [0, 0.05) is 6.54 Å². The molecule has 0 bridgehead atoms. The quantitative estimate of drug-likeness (QED) is 0.463. The molecule has 0 fully saturated rings. The molecule has 0 saturated carbocycles. The van der Waals surface area contributed by atoms with Crippen LogP contribution in [-0.4, -0.2) is 12.8 Å². The van der Waals surface area contributed by atoms with Crippen LogP contribution in [0.2, 0.25) is 0 Å². The van der Waals surface area contributed by atoms with Gasteiger partial charge in [-0.05, 0) is 6.08 Å². The summed E-state index contributed by atoms with van der Waals surface area (Å²) in [5.41, 5.74) is 4.95. The number of rotatable bonds is 2. The molecule has 2 nitrogen and oxygen atoms in total. The maximum Gasteiger partial charge on any atom is 0.225 e. The SMILES string of the molecule is NC/C=C/[C]=O. The molecule has 2 heteroatoms. The van der Waals surface area contributed by atoms with Crippen LogP contribution in [-0.2, 0) is 4.79 Å². The fraction of sp³-hybridized carbons (Fsp3) is 0.250. The summed E-state index contributed by atoms with van der Waals surface area (Å²) in [6.45, 7) is 0.412. The van der Waals surface area contributed by atoms with Gasteiger partial charge in [0.25, 0.3) is 0 Å². The Labute approximate surface area is 36.6 Å². The molecule has 6 heavy (non-hydrogen) atoms. The fourth-order valence-corrected chi connectivity index (χ4v) is 0.116. The zero-order valence-electron chi connectivity index (χ0n) is 3.35. The fourth-order valence-electron chi connectivity index (χ4n) is 0.116. The van der Waals surface area contributed by atoms with Gasteiger partial charge in [0.1, 0.15) is 0 Å². The van der Waals surface area contributed by atoms with E-state index in [9.17, 15) is 4.79 Å². The highest BCUT2D eigenvalue weighted by Crippen LogP contribution is 1.56. The van der Waals surface area contributed by atoms with Crippen LogP contribution in [0.3, 0.4) is 0 Å². The Bertz CT molecular complexity index is 58.6. The number of carbonyl (C=O) groups excluding carboxylic acids is 1. The molecule has 0 rings (SSSR count). The molecule has 0 aromatic heterocycles. The molecular weight excluding hydrogens is 78.0 g/mol. The van der Waals surface area contributed by atoms with Crippen molar-refractivity contribution in [1.82, 2.24) is 0 Å². The molecule has 0 spiro atoms. The van der Waals surface area contributed by atoms with Crippen LogP contribution in [0.1, 0.15) is 0 Å². The highest BCUT2D eigenvalue weighted by Gasteiger charge is 1.60. The second-order valence-electron chi connectivity index (χ2n) is 0.756. The Morgan fingerprint density at radius 1 is 1.83 bits per heavy atom. The van der Waals surface area contributed by atoms with Crippen molar-refractivity contribution in [3.05, 3.63) is 12.2 Å². The van der Waals surface area contributed by atoms with E-state index < -0.39 is 0 Å². The van der Waals surface area contributed by atoms with Crippen LogP contribution in [0.4, 0.5) is 0 Å². The maximum absolute atomic E-state index is 9.30. The average Bonchev–Trinajstić information content (AvgIpc) is 1.61. The van der Waals surface area contributed by atoms with E-state index in [-0.39, 0.29) is 0 Å². The first-order valence-electron chi connectivity index (χ1n) is 1.64. The molecular formula is C4H6NO. The van der Waals surface area contributed by atoms with Crippen LogP contribution in [0.15, 0.2) is 12.2 Å². The minimum absolute atomic E-state index is 0.412. The Balaban J connectivity index is 2.94. The topological polar surface area (TPSA) is 43.1 Å². The predicted octanol–water partition coefficient (Wildman–Crippen LogP) is -0.389. The van der Waals surface area contributed by atoms with Gasteiger partial charge < -0.3 is 5.73 Å². The minimum Gasteiger partial charge on any atom is -0.327 e. The van der Waals surface area contributed by atoms with Gasteiger partial charge in [-0.2, -0.15) is 0 Å². The molecule has 0 aromatic rings. The maximum atomic E-state index is 9.30. The van der Waals surface area contributed by atoms with E-state index in [0.717, 1.165) is 0 Å². The van der Waals surface area contributed by atoms with Crippen LogP contribution in [0.5, 0.6) is 0 Å². The standard InChI is InChI=1S/C4H6NO/c5-3-1-2-4-6/h1-2H,3,5H2/b2-1+. The van der Waals surface area contributed by atoms with Gasteiger partial charge in [0.05, 0.1) is 0 Å². The van der Waals surface area contributed by atoms with Crippen LogP contribution >= 0.6 is 0 Å². The highest BCUT2D eigenvalue weighted by molar-refractivity contribution is 5.65. The Kier molecular flexibility index (Phi) is 3.91. The van der Waals surface area contributed by atoms with Crippen molar-refractivity contribution >= 4 is 6.29 Å². The summed E-state index contributed by atoms with van der Waals surface area (Å²) in [6.07, 6.45) is 4.34. The van der Waals surface area contributed by atoms with Crippen LogP contribution in [0, 0.1) is 0 Å². The lowest BCUT2D eigenvalue weighted by atomic mass is 10.5. The number of hydrogen-bond acceptors (Lipinski definition) is 2. The monoisotopic (exact) mass is 84.0 g/mol. The third kappa shape index (κ3) is 3.37. The third-order valence-electron chi connectivity index (χ3n) is 0.322. The van der Waals surface area contributed by atoms with E-state index in [0.29, 0.717) is 6.54 Å². The van der Waals surface area contributed by atoms with Crippen molar-refractivity contribution in [2.24, 2.45) is 5.73 Å². The predicted molar refractivity (Wildman–Crippen MR) is 23.9 cm³/mol. The third-order valence-corrected chi connectivity index (χ3v) is 0.322. The number of hydrogen-bond donors (Lipinski definition) is 1. The molecule has 0 aliphatic carbocycles. The van der Waals surface area contributed by atoms with Crippen LogP contribution < -0.4 is 5.73 Å². The average molecular weight is 84.1 g/mol. The summed E-state index contributed by atoms with van der Waals surface area (Å²) >= 11 is 0. The molecule has 0 aromatic carbocycles. The summed E-state index contributed by atoms with van der Waals surface area (Å²) in [5, 5.41) is 0. The summed E-state index contributed by atoms with van der Waals surface area (Å²) in [6, 6.07) is 0. The van der Waals surface area contributed by atoms with Crippen molar-refractivity contribution in [2.75, 3.05) is 6.54 Å². The second kappa shape index (κ2) is 4.37. The van der Waals surface area contributed by atoms with E-state index in [4.69, 9.17) is 5.73 Å². The summed E-state index contributed by atoms with van der Waals surface area (Å²) in [4.78, 5) is 9.30. The number of allylic oxidation sites excluding steroid dienone is 1.